The van der Waals surface area contributed by atoms with E-state index in [0.717, 1.165) is 23.3 Å². The summed E-state index contributed by atoms with van der Waals surface area (Å²) in [6.45, 7) is 5.07. The van der Waals surface area contributed by atoms with Crippen LogP contribution in [0.1, 0.15) is 19.4 Å². The summed E-state index contributed by atoms with van der Waals surface area (Å²) in [6.07, 6.45) is 1.79. The number of hydrogen-bond acceptors (Lipinski definition) is 3. The fourth-order valence-electron chi connectivity index (χ4n) is 1.70. The van der Waals surface area contributed by atoms with E-state index in [0.29, 0.717) is 6.04 Å². The molecule has 0 saturated carbocycles. The molecule has 0 bridgehead atoms. The molecule has 1 heterocycles. The second kappa shape index (κ2) is 4.58. The number of ether oxygens (including phenoxy) is 1. The predicted octanol–water partition coefficient (Wildman–Crippen LogP) is 2.94. The number of hydrogen-bond donors (Lipinski definition) is 1. The summed E-state index contributed by atoms with van der Waals surface area (Å²) in [5.74, 6) is 0.785. The second-order valence-electron chi connectivity index (χ2n) is 4.13. The third-order valence-electron chi connectivity index (χ3n) is 2.56. The highest BCUT2D eigenvalue weighted by Crippen LogP contribution is 2.29. The van der Waals surface area contributed by atoms with Gasteiger partial charge in [-0.05, 0) is 6.07 Å². The van der Waals surface area contributed by atoms with Gasteiger partial charge >= 0.3 is 0 Å². The van der Waals surface area contributed by atoms with Crippen LogP contribution in [0.3, 0.4) is 0 Å². The quantitative estimate of drug-likeness (QED) is 0.858. The van der Waals surface area contributed by atoms with Crippen LogP contribution in [0.25, 0.3) is 11.0 Å². The van der Waals surface area contributed by atoms with Gasteiger partial charge in [0.1, 0.15) is 0 Å². The van der Waals surface area contributed by atoms with Crippen LogP contribution >= 0.6 is 0 Å². The highest BCUT2D eigenvalue weighted by Gasteiger charge is 2.09. The Labute approximate surface area is 95.4 Å². The molecule has 0 radical (unpaired) electrons. The summed E-state index contributed by atoms with van der Waals surface area (Å²) in [5.41, 5.74) is 1.99. The molecule has 2 rings (SSSR count). The molecule has 0 fully saturated rings. The molecule has 0 saturated heterocycles. The molecule has 0 spiro atoms. The zero-order valence-electron chi connectivity index (χ0n) is 9.91. The van der Waals surface area contributed by atoms with E-state index in [2.05, 4.69) is 25.2 Å². The number of methoxy groups -OCH3 is 1. The number of benzene rings is 1. The minimum absolute atomic E-state index is 0.468. The highest BCUT2D eigenvalue weighted by molar-refractivity contribution is 5.86. The molecule has 2 aromatic rings. The van der Waals surface area contributed by atoms with E-state index in [-0.39, 0.29) is 0 Å². The van der Waals surface area contributed by atoms with Crippen LogP contribution in [0.5, 0.6) is 5.75 Å². The Morgan fingerprint density at radius 1 is 1.38 bits per heavy atom. The fraction of sp³-hybridized carbons (Fsp3) is 0.385. The van der Waals surface area contributed by atoms with Crippen LogP contribution in [0, 0.1) is 0 Å². The van der Waals surface area contributed by atoms with Crippen molar-refractivity contribution in [2.45, 2.75) is 26.4 Å². The van der Waals surface area contributed by atoms with Gasteiger partial charge in [0.25, 0.3) is 0 Å². The molecule has 3 nitrogen and oxygen atoms in total. The molecule has 1 aromatic carbocycles. The normalized spacial score (nSPS) is 11.2. The molecule has 0 aliphatic heterocycles. The van der Waals surface area contributed by atoms with E-state index < -0.39 is 0 Å². The van der Waals surface area contributed by atoms with Gasteiger partial charge in [-0.25, -0.2) is 0 Å². The van der Waals surface area contributed by atoms with Crippen molar-refractivity contribution in [3.05, 3.63) is 30.0 Å². The first kappa shape index (κ1) is 11.0. The maximum absolute atomic E-state index is 5.54. The van der Waals surface area contributed by atoms with E-state index in [4.69, 9.17) is 9.15 Å². The van der Waals surface area contributed by atoms with Crippen LogP contribution < -0.4 is 10.1 Å². The molecule has 0 amide bonds. The molecule has 0 aliphatic rings. The highest BCUT2D eigenvalue weighted by atomic mass is 16.5. The topological polar surface area (TPSA) is 34.4 Å². The minimum Gasteiger partial charge on any atom is -0.493 e. The summed E-state index contributed by atoms with van der Waals surface area (Å²) < 4.78 is 10.8. The number of furan rings is 1. The van der Waals surface area contributed by atoms with Gasteiger partial charge in [-0.3, -0.25) is 0 Å². The van der Waals surface area contributed by atoms with E-state index in [1.165, 1.54) is 5.56 Å². The Morgan fingerprint density at radius 2 is 2.19 bits per heavy atom. The third-order valence-corrected chi connectivity index (χ3v) is 2.56. The molecule has 0 atom stereocenters. The van der Waals surface area contributed by atoms with Crippen molar-refractivity contribution >= 4 is 11.0 Å². The van der Waals surface area contributed by atoms with E-state index in [9.17, 15) is 0 Å². The summed E-state index contributed by atoms with van der Waals surface area (Å²) in [4.78, 5) is 0. The number of para-hydroxylation sites is 1. The lowest BCUT2D eigenvalue weighted by atomic mass is 10.1. The fourth-order valence-corrected chi connectivity index (χ4v) is 1.70. The standard InChI is InChI=1S/C13H17NO2/c1-9(2)14-7-10-8-16-13-11(10)5-4-6-12(13)15-3/h4-6,8-9,14H,7H2,1-3H3. The van der Waals surface area contributed by atoms with Gasteiger partial charge < -0.3 is 14.5 Å². The van der Waals surface area contributed by atoms with E-state index >= 15 is 0 Å². The Morgan fingerprint density at radius 3 is 2.88 bits per heavy atom. The maximum atomic E-state index is 5.54. The van der Waals surface area contributed by atoms with Crippen LogP contribution in [-0.4, -0.2) is 13.2 Å². The van der Waals surface area contributed by atoms with Gasteiger partial charge in [0.2, 0.25) is 0 Å². The van der Waals surface area contributed by atoms with Gasteiger partial charge in [0.15, 0.2) is 11.3 Å². The summed E-state index contributed by atoms with van der Waals surface area (Å²) in [7, 11) is 1.66. The SMILES string of the molecule is COc1cccc2c(CNC(C)C)coc12. The lowest BCUT2D eigenvalue weighted by Crippen LogP contribution is -2.21. The van der Waals surface area contributed by atoms with Gasteiger partial charge in [-0.1, -0.05) is 26.0 Å². The van der Waals surface area contributed by atoms with Crippen molar-refractivity contribution in [2.75, 3.05) is 7.11 Å². The van der Waals surface area contributed by atoms with Crippen molar-refractivity contribution in [1.29, 1.82) is 0 Å². The van der Waals surface area contributed by atoms with Crippen molar-refractivity contribution in [1.82, 2.24) is 5.32 Å². The molecule has 0 aliphatic carbocycles. The van der Waals surface area contributed by atoms with Gasteiger partial charge in [0.05, 0.1) is 13.4 Å². The maximum Gasteiger partial charge on any atom is 0.176 e. The molecule has 16 heavy (non-hydrogen) atoms. The number of rotatable bonds is 4. The van der Waals surface area contributed by atoms with E-state index in [1.807, 2.05) is 12.1 Å². The zero-order valence-corrected chi connectivity index (χ0v) is 9.91. The molecule has 1 aromatic heterocycles. The van der Waals surface area contributed by atoms with E-state index in [1.54, 1.807) is 13.4 Å². The van der Waals surface area contributed by atoms with Crippen molar-refractivity contribution in [2.24, 2.45) is 0 Å². The minimum atomic E-state index is 0.468. The molecular weight excluding hydrogens is 202 g/mol. The van der Waals surface area contributed by atoms with Gasteiger partial charge in [0, 0.05) is 23.5 Å². The summed E-state index contributed by atoms with van der Waals surface area (Å²) in [6, 6.07) is 6.41. The van der Waals surface area contributed by atoms with Crippen LogP contribution in [0.2, 0.25) is 0 Å². The smallest absolute Gasteiger partial charge is 0.176 e. The van der Waals surface area contributed by atoms with Gasteiger partial charge in [-0.2, -0.15) is 0 Å². The average molecular weight is 219 g/mol. The number of nitrogens with one attached hydrogen (secondary N) is 1. The van der Waals surface area contributed by atoms with Crippen LogP contribution in [-0.2, 0) is 6.54 Å². The van der Waals surface area contributed by atoms with Crippen LogP contribution in [0.4, 0.5) is 0 Å². The average Bonchev–Trinajstić information content (AvgIpc) is 2.69. The molecule has 1 N–H and O–H groups in total. The summed E-state index contributed by atoms with van der Waals surface area (Å²) in [5, 5.41) is 4.49. The first-order valence-corrected chi connectivity index (χ1v) is 5.49. The molecule has 86 valence electrons. The lowest BCUT2D eigenvalue weighted by Gasteiger charge is -2.06. The first-order valence-electron chi connectivity index (χ1n) is 5.49. The molecule has 3 heteroatoms. The second-order valence-corrected chi connectivity index (χ2v) is 4.13. The third kappa shape index (κ3) is 2.04. The molecular formula is C13H17NO2. The Kier molecular flexibility index (Phi) is 3.15. The zero-order chi connectivity index (χ0) is 11.5. The molecule has 0 unspecified atom stereocenters. The van der Waals surface area contributed by atoms with Crippen molar-refractivity contribution in [3.63, 3.8) is 0 Å². The monoisotopic (exact) mass is 219 g/mol. The van der Waals surface area contributed by atoms with Gasteiger partial charge in [-0.15, -0.1) is 0 Å². The van der Waals surface area contributed by atoms with Crippen molar-refractivity contribution in [3.8, 4) is 5.75 Å². The number of fused-ring (bicyclic) bond motifs is 1. The predicted molar refractivity (Wildman–Crippen MR) is 64.7 cm³/mol. The first-order chi connectivity index (χ1) is 7.72. The largest absolute Gasteiger partial charge is 0.493 e. The van der Waals surface area contributed by atoms with Crippen LogP contribution in [0.15, 0.2) is 28.9 Å². The lowest BCUT2D eigenvalue weighted by molar-refractivity contribution is 0.410. The summed E-state index contributed by atoms with van der Waals surface area (Å²) >= 11 is 0. The van der Waals surface area contributed by atoms with Crippen molar-refractivity contribution < 1.29 is 9.15 Å². The Bertz CT molecular complexity index is 474. The Hall–Kier alpha value is -1.48. The Balaban J connectivity index is 2.34.